The van der Waals surface area contributed by atoms with Gasteiger partial charge in [-0.3, -0.25) is 0 Å². The Kier molecular flexibility index (Phi) is 4.29. The SMILES string of the molecule is CC(C)[C@H](N)C(C)Nc1ccnc(Cl)n1. The monoisotopic (exact) mass is 228 g/mol. The molecule has 0 aliphatic heterocycles. The Morgan fingerprint density at radius 1 is 1.40 bits per heavy atom. The van der Waals surface area contributed by atoms with Crippen LogP contribution in [0.3, 0.4) is 0 Å². The lowest BCUT2D eigenvalue weighted by Crippen LogP contribution is -2.42. The van der Waals surface area contributed by atoms with Crippen LogP contribution >= 0.6 is 11.6 Å². The van der Waals surface area contributed by atoms with Gasteiger partial charge in [0.2, 0.25) is 5.28 Å². The summed E-state index contributed by atoms with van der Waals surface area (Å²) < 4.78 is 0. The van der Waals surface area contributed by atoms with Crippen LogP contribution in [0.4, 0.5) is 5.82 Å². The molecule has 4 nitrogen and oxygen atoms in total. The molecule has 15 heavy (non-hydrogen) atoms. The second kappa shape index (κ2) is 5.28. The number of anilines is 1. The number of hydrogen-bond donors (Lipinski definition) is 2. The van der Waals surface area contributed by atoms with Crippen molar-refractivity contribution < 1.29 is 0 Å². The number of rotatable bonds is 4. The van der Waals surface area contributed by atoms with E-state index in [1.807, 2.05) is 6.92 Å². The fourth-order valence-electron chi connectivity index (χ4n) is 1.32. The summed E-state index contributed by atoms with van der Waals surface area (Å²) in [6.07, 6.45) is 1.62. The summed E-state index contributed by atoms with van der Waals surface area (Å²) in [5.74, 6) is 1.13. The van der Waals surface area contributed by atoms with Crippen LogP contribution in [0.5, 0.6) is 0 Å². The smallest absolute Gasteiger partial charge is 0.224 e. The molecule has 0 aliphatic carbocycles. The van der Waals surface area contributed by atoms with Crippen molar-refractivity contribution >= 4 is 17.4 Å². The Labute approximate surface area is 95.3 Å². The first kappa shape index (κ1) is 12.2. The highest BCUT2D eigenvalue weighted by Crippen LogP contribution is 2.11. The molecule has 0 radical (unpaired) electrons. The van der Waals surface area contributed by atoms with Gasteiger partial charge in [0.25, 0.3) is 0 Å². The number of nitrogens with zero attached hydrogens (tertiary/aromatic N) is 2. The average molecular weight is 229 g/mol. The molecule has 1 rings (SSSR count). The standard InChI is InChI=1S/C10H17ClN4/c1-6(2)9(12)7(3)14-8-4-5-13-10(11)15-8/h4-7,9H,12H2,1-3H3,(H,13,14,15)/t7?,9-/m0/s1. The van der Waals surface area contributed by atoms with Gasteiger partial charge in [-0.25, -0.2) is 9.97 Å². The van der Waals surface area contributed by atoms with Crippen LogP contribution < -0.4 is 11.1 Å². The number of hydrogen-bond acceptors (Lipinski definition) is 4. The summed E-state index contributed by atoms with van der Waals surface area (Å²) in [6, 6.07) is 2.00. The van der Waals surface area contributed by atoms with E-state index in [0.29, 0.717) is 11.7 Å². The summed E-state index contributed by atoms with van der Waals surface area (Å²) in [5, 5.41) is 3.44. The van der Waals surface area contributed by atoms with Crippen molar-refractivity contribution in [3.8, 4) is 0 Å². The first-order valence-electron chi connectivity index (χ1n) is 5.01. The molecular formula is C10H17ClN4. The van der Waals surface area contributed by atoms with Crippen LogP contribution in [0.2, 0.25) is 5.28 Å². The zero-order valence-corrected chi connectivity index (χ0v) is 9.99. The van der Waals surface area contributed by atoms with E-state index in [4.69, 9.17) is 17.3 Å². The van der Waals surface area contributed by atoms with Crippen molar-refractivity contribution in [3.63, 3.8) is 0 Å². The second-order valence-electron chi connectivity index (χ2n) is 3.97. The Morgan fingerprint density at radius 2 is 2.07 bits per heavy atom. The van der Waals surface area contributed by atoms with E-state index in [-0.39, 0.29) is 17.4 Å². The summed E-state index contributed by atoms with van der Waals surface area (Å²) in [4.78, 5) is 7.85. The molecule has 3 N–H and O–H groups in total. The molecule has 0 aliphatic rings. The highest BCUT2D eigenvalue weighted by Gasteiger charge is 2.16. The summed E-state index contributed by atoms with van der Waals surface area (Å²) in [6.45, 7) is 6.21. The Bertz CT molecular complexity index is 316. The Hall–Kier alpha value is -0.870. The molecule has 0 saturated heterocycles. The van der Waals surface area contributed by atoms with Gasteiger partial charge < -0.3 is 11.1 Å². The van der Waals surface area contributed by atoms with Crippen LogP contribution in [0.15, 0.2) is 12.3 Å². The van der Waals surface area contributed by atoms with E-state index in [1.165, 1.54) is 0 Å². The topological polar surface area (TPSA) is 63.8 Å². The molecule has 2 atom stereocenters. The van der Waals surface area contributed by atoms with Crippen molar-refractivity contribution in [2.24, 2.45) is 11.7 Å². The van der Waals surface area contributed by atoms with E-state index in [2.05, 4.69) is 29.1 Å². The van der Waals surface area contributed by atoms with Crippen LogP contribution in [0, 0.1) is 5.92 Å². The fraction of sp³-hybridized carbons (Fsp3) is 0.600. The number of nitrogens with two attached hydrogens (primary N) is 1. The van der Waals surface area contributed by atoms with Gasteiger partial charge in [-0.05, 0) is 30.5 Å². The molecule has 1 aromatic rings. The fourth-order valence-corrected chi connectivity index (χ4v) is 1.47. The van der Waals surface area contributed by atoms with E-state index >= 15 is 0 Å². The molecule has 1 aromatic heterocycles. The molecular weight excluding hydrogens is 212 g/mol. The first-order valence-corrected chi connectivity index (χ1v) is 5.39. The van der Waals surface area contributed by atoms with Crippen molar-refractivity contribution in [1.29, 1.82) is 0 Å². The lowest BCUT2D eigenvalue weighted by atomic mass is 9.99. The molecule has 0 aromatic carbocycles. The van der Waals surface area contributed by atoms with Gasteiger partial charge in [-0.1, -0.05) is 13.8 Å². The number of aromatic nitrogens is 2. The maximum absolute atomic E-state index is 6.01. The predicted octanol–water partition coefficient (Wildman–Crippen LogP) is 1.91. The lowest BCUT2D eigenvalue weighted by molar-refractivity contribution is 0.449. The van der Waals surface area contributed by atoms with E-state index < -0.39 is 0 Å². The third kappa shape index (κ3) is 3.64. The zero-order valence-electron chi connectivity index (χ0n) is 9.24. The van der Waals surface area contributed by atoms with Gasteiger partial charge in [-0.2, -0.15) is 0 Å². The highest BCUT2D eigenvalue weighted by atomic mass is 35.5. The van der Waals surface area contributed by atoms with Crippen molar-refractivity contribution in [1.82, 2.24) is 9.97 Å². The van der Waals surface area contributed by atoms with Crippen LogP contribution in [0.25, 0.3) is 0 Å². The quantitative estimate of drug-likeness (QED) is 0.773. The minimum absolute atomic E-state index is 0.0822. The largest absolute Gasteiger partial charge is 0.366 e. The van der Waals surface area contributed by atoms with Gasteiger partial charge in [0.15, 0.2) is 0 Å². The van der Waals surface area contributed by atoms with Gasteiger partial charge in [0, 0.05) is 18.3 Å². The molecule has 0 fully saturated rings. The van der Waals surface area contributed by atoms with E-state index in [9.17, 15) is 0 Å². The van der Waals surface area contributed by atoms with Crippen LogP contribution in [-0.2, 0) is 0 Å². The minimum atomic E-state index is 0.0822. The zero-order chi connectivity index (χ0) is 11.4. The summed E-state index contributed by atoms with van der Waals surface area (Å²) in [7, 11) is 0. The molecule has 1 heterocycles. The maximum atomic E-state index is 6.01. The van der Waals surface area contributed by atoms with Crippen molar-refractivity contribution in [3.05, 3.63) is 17.5 Å². The Morgan fingerprint density at radius 3 is 2.60 bits per heavy atom. The summed E-state index contributed by atoms with van der Waals surface area (Å²) >= 11 is 5.68. The third-order valence-corrected chi connectivity index (χ3v) is 2.53. The maximum Gasteiger partial charge on any atom is 0.224 e. The van der Waals surface area contributed by atoms with Gasteiger partial charge >= 0.3 is 0 Å². The minimum Gasteiger partial charge on any atom is -0.366 e. The lowest BCUT2D eigenvalue weighted by Gasteiger charge is -2.24. The van der Waals surface area contributed by atoms with Gasteiger partial charge in [-0.15, -0.1) is 0 Å². The molecule has 5 heteroatoms. The van der Waals surface area contributed by atoms with E-state index in [1.54, 1.807) is 12.3 Å². The van der Waals surface area contributed by atoms with Crippen molar-refractivity contribution in [2.75, 3.05) is 5.32 Å². The number of nitrogens with one attached hydrogen (secondary N) is 1. The molecule has 0 spiro atoms. The van der Waals surface area contributed by atoms with Crippen LogP contribution in [-0.4, -0.2) is 22.1 Å². The molecule has 84 valence electrons. The average Bonchev–Trinajstić information content (AvgIpc) is 2.16. The number of halogens is 1. The normalized spacial score (nSPS) is 15.1. The molecule has 0 bridgehead atoms. The molecule has 1 unspecified atom stereocenters. The second-order valence-corrected chi connectivity index (χ2v) is 4.30. The van der Waals surface area contributed by atoms with E-state index in [0.717, 1.165) is 0 Å². The summed E-state index contributed by atoms with van der Waals surface area (Å²) in [5.41, 5.74) is 6.01. The Balaban J connectivity index is 2.62. The highest BCUT2D eigenvalue weighted by molar-refractivity contribution is 6.28. The van der Waals surface area contributed by atoms with Gasteiger partial charge in [0.1, 0.15) is 5.82 Å². The van der Waals surface area contributed by atoms with Crippen LogP contribution in [0.1, 0.15) is 20.8 Å². The molecule has 0 saturated carbocycles. The van der Waals surface area contributed by atoms with Gasteiger partial charge in [0.05, 0.1) is 0 Å². The predicted molar refractivity (Wildman–Crippen MR) is 62.9 cm³/mol. The first-order chi connectivity index (χ1) is 7.00. The third-order valence-electron chi connectivity index (χ3n) is 2.35. The van der Waals surface area contributed by atoms with Crippen molar-refractivity contribution in [2.45, 2.75) is 32.9 Å². The molecule has 0 amide bonds.